The zero-order valence-corrected chi connectivity index (χ0v) is 11.5. The molecule has 3 heterocycles. The summed E-state index contributed by atoms with van der Waals surface area (Å²) in [4.78, 5) is 9.31. The fraction of sp³-hybridized carbons (Fsp3) is 0.643. The molecule has 0 saturated carbocycles. The van der Waals surface area contributed by atoms with E-state index in [1.165, 1.54) is 5.56 Å². The lowest BCUT2D eigenvalue weighted by Gasteiger charge is -2.35. The summed E-state index contributed by atoms with van der Waals surface area (Å²) in [5, 5.41) is 0. The Balaban J connectivity index is 1.87. The lowest BCUT2D eigenvalue weighted by molar-refractivity contribution is 0.194. The Bertz CT molecular complexity index is 437. The second-order valence-electron chi connectivity index (χ2n) is 5.50. The minimum atomic E-state index is 0.475. The summed E-state index contributed by atoms with van der Waals surface area (Å²) < 4.78 is 5.52. The van der Waals surface area contributed by atoms with Crippen LogP contribution in [0.15, 0.2) is 12.1 Å². The minimum Gasteiger partial charge on any atom is -0.384 e. The van der Waals surface area contributed by atoms with Gasteiger partial charge in [0.2, 0.25) is 0 Å². The van der Waals surface area contributed by atoms with Gasteiger partial charge in [0.25, 0.3) is 0 Å². The number of anilines is 2. The first-order valence-electron chi connectivity index (χ1n) is 7.01. The van der Waals surface area contributed by atoms with Crippen LogP contribution in [-0.2, 0) is 4.74 Å². The monoisotopic (exact) mass is 262 g/mol. The summed E-state index contributed by atoms with van der Waals surface area (Å²) in [6.07, 6.45) is 1.09. The molecule has 2 fully saturated rings. The van der Waals surface area contributed by atoms with E-state index in [4.69, 9.17) is 10.5 Å². The van der Waals surface area contributed by atoms with Crippen LogP contribution in [0.4, 0.5) is 11.6 Å². The van der Waals surface area contributed by atoms with Crippen molar-refractivity contribution in [3.05, 3.63) is 17.7 Å². The van der Waals surface area contributed by atoms with Gasteiger partial charge in [-0.05, 0) is 19.5 Å². The smallest absolute Gasteiger partial charge is 0.134 e. The molecule has 0 amide bonds. The van der Waals surface area contributed by atoms with E-state index in [0.717, 1.165) is 51.6 Å². The van der Waals surface area contributed by atoms with Crippen molar-refractivity contribution in [3.8, 4) is 0 Å². The van der Waals surface area contributed by atoms with Crippen molar-refractivity contribution >= 4 is 11.6 Å². The van der Waals surface area contributed by atoms with E-state index in [-0.39, 0.29) is 0 Å². The molecular formula is C14H22N4O. The Labute approximate surface area is 114 Å². The first kappa shape index (κ1) is 12.7. The van der Waals surface area contributed by atoms with Crippen molar-refractivity contribution in [1.82, 2.24) is 9.88 Å². The summed E-state index contributed by atoms with van der Waals surface area (Å²) in [6, 6.07) is 4.04. The van der Waals surface area contributed by atoms with Gasteiger partial charge >= 0.3 is 0 Å². The summed E-state index contributed by atoms with van der Waals surface area (Å²) in [5.74, 6) is 2.16. The highest BCUT2D eigenvalue weighted by atomic mass is 16.5. The van der Waals surface area contributed by atoms with E-state index < -0.39 is 0 Å². The number of aromatic nitrogens is 1. The van der Waals surface area contributed by atoms with Crippen LogP contribution in [0.3, 0.4) is 0 Å². The molecule has 2 aliphatic rings. The van der Waals surface area contributed by atoms with Crippen molar-refractivity contribution in [2.75, 3.05) is 57.1 Å². The van der Waals surface area contributed by atoms with E-state index in [0.29, 0.717) is 11.7 Å². The highest BCUT2D eigenvalue weighted by Gasteiger charge is 2.25. The summed E-state index contributed by atoms with van der Waals surface area (Å²) in [5.41, 5.74) is 7.18. The maximum atomic E-state index is 5.88. The molecule has 5 nitrogen and oxygen atoms in total. The third kappa shape index (κ3) is 2.67. The lowest BCUT2D eigenvalue weighted by atomic mass is 9.98. The van der Waals surface area contributed by atoms with Crippen molar-refractivity contribution in [3.63, 3.8) is 0 Å². The average Bonchev–Trinajstić information content (AvgIpc) is 2.93. The van der Waals surface area contributed by atoms with Gasteiger partial charge in [-0.2, -0.15) is 0 Å². The van der Waals surface area contributed by atoms with Gasteiger partial charge < -0.3 is 20.3 Å². The first-order valence-corrected chi connectivity index (χ1v) is 7.01. The summed E-state index contributed by atoms with van der Waals surface area (Å²) >= 11 is 0. The van der Waals surface area contributed by atoms with Gasteiger partial charge in [0.05, 0.1) is 6.61 Å². The fourth-order valence-electron chi connectivity index (χ4n) is 2.84. The zero-order valence-electron chi connectivity index (χ0n) is 11.5. The van der Waals surface area contributed by atoms with Crippen LogP contribution in [0.25, 0.3) is 0 Å². The predicted molar refractivity (Wildman–Crippen MR) is 76.5 cm³/mol. The Morgan fingerprint density at radius 3 is 2.74 bits per heavy atom. The average molecular weight is 262 g/mol. The summed E-state index contributed by atoms with van der Waals surface area (Å²) in [6.45, 7) is 5.87. The van der Waals surface area contributed by atoms with Gasteiger partial charge in [-0.15, -0.1) is 0 Å². The maximum absolute atomic E-state index is 5.88. The molecule has 2 saturated heterocycles. The largest absolute Gasteiger partial charge is 0.384 e. The van der Waals surface area contributed by atoms with E-state index in [9.17, 15) is 0 Å². The van der Waals surface area contributed by atoms with E-state index >= 15 is 0 Å². The Hall–Kier alpha value is -1.33. The van der Waals surface area contributed by atoms with Crippen molar-refractivity contribution < 1.29 is 4.74 Å². The molecule has 1 unspecified atom stereocenters. The molecule has 0 aliphatic carbocycles. The van der Waals surface area contributed by atoms with Crippen LogP contribution >= 0.6 is 0 Å². The standard InChI is InChI=1S/C14H22N4O/c1-17-5-7-18(8-6-17)14-12(2-3-13(15)16-14)11-4-9-19-10-11/h2-3,11H,4-10H2,1H3,(H2,15,16). The van der Waals surface area contributed by atoms with Crippen LogP contribution in [0.5, 0.6) is 0 Å². The van der Waals surface area contributed by atoms with Crippen LogP contribution in [-0.4, -0.2) is 56.3 Å². The van der Waals surface area contributed by atoms with Crippen LogP contribution in [0.1, 0.15) is 17.9 Å². The molecule has 1 aromatic heterocycles. The number of piperazine rings is 1. The van der Waals surface area contributed by atoms with Gasteiger partial charge in [0.1, 0.15) is 11.6 Å². The van der Waals surface area contributed by atoms with Crippen molar-refractivity contribution in [2.24, 2.45) is 0 Å². The van der Waals surface area contributed by atoms with Gasteiger partial charge in [-0.3, -0.25) is 0 Å². The van der Waals surface area contributed by atoms with E-state index in [1.54, 1.807) is 0 Å². The van der Waals surface area contributed by atoms with E-state index in [2.05, 4.69) is 27.9 Å². The highest BCUT2D eigenvalue weighted by Crippen LogP contribution is 2.32. The third-order valence-electron chi connectivity index (χ3n) is 4.10. The van der Waals surface area contributed by atoms with Gasteiger partial charge in [0.15, 0.2) is 0 Å². The normalized spacial score (nSPS) is 24.9. The van der Waals surface area contributed by atoms with Crippen LogP contribution < -0.4 is 10.6 Å². The number of likely N-dealkylation sites (N-methyl/N-ethyl adjacent to an activating group) is 1. The summed E-state index contributed by atoms with van der Waals surface area (Å²) in [7, 11) is 2.16. The van der Waals surface area contributed by atoms with Gasteiger partial charge in [-0.25, -0.2) is 4.98 Å². The number of nitrogen functional groups attached to an aromatic ring is 1. The zero-order chi connectivity index (χ0) is 13.2. The molecule has 2 aliphatic heterocycles. The molecule has 0 bridgehead atoms. The SMILES string of the molecule is CN1CCN(c2nc(N)ccc2C2CCOC2)CC1. The number of nitrogens with two attached hydrogens (primary N) is 1. The van der Waals surface area contributed by atoms with Gasteiger partial charge in [-0.1, -0.05) is 6.07 Å². The van der Waals surface area contributed by atoms with Crippen LogP contribution in [0, 0.1) is 0 Å². The number of hydrogen-bond donors (Lipinski definition) is 1. The molecule has 0 aromatic carbocycles. The number of hydrogen-bond acceptors (Lipinski definition) is 5. The predicted octanol–water partition coefficient (Wildman–Crippen LogP) is 0.919. The van der Waals surface area contributed by atoms with E-state index in [1.807, 2.05) is 6.07 Å². The molecule has 1 aromatic rings. The molecule has 19 heavy (non-hydrogen) atoms. The van der Waals surface area contributed by atoms with Crippen molar-refractivity contribution in [1.29, 1.82) is 0 Å². The Kier molecular flexibility index (Phi) is 3.57. The Morgan fingerprint density at radius 1 is 1.26 bits per heavy atom. The molecule has 2 N–H and O–H groups in total. The maximum Gasteiger partial charge on any atom is 0.134 e. The minimum absolute atomic E-state index is 0.475. The lowest BCUT2D eigenvalue weighted by Crippen LogP contribution is -2.45. The second kappa shape index (κ2) is 5.35. The molecule has 3 rings (SSSR count). The molecular weight excluding hydrogens is 240 g/mol. The number of rotatable bonds is 2. The quantitative estimate of drug-likeness (QED) is 0.859. The number of pyridine rings is 1. The third-order valence-corrected chi connectivity index (χ3v) is 4.10. The van der Waals surface area contributed by atoms with Crippen molar-refractivity contribution in [2.45, 2.75) is 12.3 Å². The van der Waals surface area contributed by atoms with Crippen LogP contribution in [0.2, 0.25) is 0 Å². The van der Waals surface area contributed by atoms with Gasteiger partial charge in [0, 0.05) is 44.3 Å². The fourth-order valence-corrected chi connectivity index (χ4v) is 2.84. The first-order chi connectivity index (χ1) is 9.24. The topological polar surface area (TPSA) is 54.6 Å². The molecule has 0 spiro atoms. The number of ether oxygens (including phenoxy) is 1. The number of nitrogens with zero attached hydrogens (tertiary/aromatic N) is 3. The second-order valence-corrected chi connectivity index (χ2v) is 5.50. The molecule has 0 radical (unpaired) electrons. The Morgan fingerprint density at radius 2 is 2.05 bits per heavy atom. The molecule has 104 valence electrons. The molecule has 1 atom stereocenters. The highest BCUT2D eigenvalue weighted by molar-refractivity contribution is 5.54. The molecule has 5 heteroatoms.